The van der Waals surface area contributed by atoms with Crippen LogP contribution in [0.5, 0.6) is 0 Å². The van der Waals surface area contributed by atoms with Crippen LogP contribution in [0, 0.1) is 6.92 Å². The first-order chi connectivity index (χ1) is 14.4. The third kappa shape index (κ3) is 4.65. The van der Waals surface area contributed by atoms with Crippen LogP contribution < -0.4 is 10.6 Å². The van der Waals surface area contributed by atoms with Gasteiger partial charge in [-0.3, -0.25) is 4.79 Å². The lowest BCUT2D eigenvalue weighted by Crippen LogP contribution is -2.43. The number of aryl methyl sites for hydroxylation is 1. The largest absolute Gasteiger partial charge is 0.366 e. The molecule has 0 aliphatic carbocycles. The minimum absolute atomic E-state index is 0.0160. The Morgan fingerprint density at radius 3 is 2.77 bits per heavy atom. The fraction of sp³-hybridized carbons (Fsp3) is 0.550. The van der Waals surface area contributed by atoms with E-state index in [9.17, 15) is 13.2 Å². The van der Waals surface area contributed by atoms with Crippen LogP contribution in [0.25, 0.3) is 0 Å². The molecular formula is C20H27N5O4S. The normalized spacial score (nSPS) is 21.4. The molecular weight excluding hydrogens is 406 g/mol. The van der Waals surface area contributed by atoms with Gasteiger partial charge in [-0.1, -0.05) is 11.6 Å². The topological polar surface area (TPSA) is 117 Å². The second-order valence-electron chi connectivity index (χ2n) is 7.83. The van der Waals surface area contributed by atoms with Crippen LogP contribution in [-0.2, 0) is 16.4 Å². The monoisotopic (exact) mass is 433 g/mol. The quantitative estimate of drug-likeness (QED) is 0.731. The molecule has 4 heterocycles. The summed E-state index contributed by atoms with van der Waals surface area (Å²) in [4.78, 5) is 18.5. The smallest absolute Gasteiger partial charge is 0.255 e. The molecule has 9 nitrogen and oxygen atoms in total. The Morgan fingerprint density at radius 2 is 2.10 bits per heavy atom. The molecule has 0 bridgehead atoms. The number of nitrogens with one attached hydrogen (secondary N) is 2. The van der Waals surface area contributed by atoms with Crippen LogP contribution in [0.2, 0.25) is 0 Å². The summed E-state index contributed by atoms with van der Waals surface area (Å²) >= 11 is 0. The van der Waals surface area contributed by atoms with Crippen molar-refractivity contribution in [3.05, 3.63) is 40.9 Å². The van der Waals surface area contributed by atoms with Crippen molar-refractivity contribution in [2.45, 2.75) is 38.8 Å². The van der Waals surface area contributed by atoms with Crippen molar-refractivity contribution >= 4 is 21.6 Å². The predicted octanol–water partition coefficient (Wildman–Crippen LogP) is 1.68. The van der Waals surface area contributed by atoms with Gasteiger partial charge < -0.3 is 20.1 Å². The summed E-state index contributed by atoms with van der Waals surface area (Å²) in [6.07, 6.45) is 4.93. The highest BCUT2D eigenvalue weighted by molar-refractivity contribution is 7.91. The van der Waals surface area contributed by atoms with E-state index in [0.29, 0.717) is 17.9 Å². The molecule has 0 aromatic carbocycles. The molecule has 2 aliphatic rings. The molecule has 10 heteroatoms. The van der Waals surface area contributed by atoms with Gasteiger partial charge in [-0.25, -0.2) is 13.4 Å². The number of aromatic nitrogens is 2. The minimum Gasteiger partial charge on any atom is -0.366 e. The Hall–Kier alpha value is -2.46. The molecule has 2 saturated heterocycles. The molecule has 2 aliphatic heterocycles. The molecule has 4 rings (SSSR count). The first kappa shape index (κ1) is 20.8. The van der Waals surface area contributed by atoms with Crippen molar-refractivity contribution in [1.82, 2.24) is 20.4 Å². The molecule has 162 valence electrons. The van der Waals surface area contributed by atoms with E-state index < -0.39 is 9.84 Å². The summed E-state index contributed by atoms with van der Waals surface area (Å²) in [5, 5.41) is 11.0. The summed E-state index contributed by atoms with van der Waals surface area (Å²) in [6.45, 7) is 3.89. The van der Waals surface area contributed by atoms with Crippen molar-refractivity contribution in [3.63, 3.8) is 0 Å². The number of rotatable bonds is 5. The van der Waals surface area contributed by atoms with Crippen molar-refractivity contribution in [1.29, 1.82) is 0 Å². The summed E-state index contributed by atoms with van der Waals surface area (Å²) in [5.41, 5.74) is 2.44. The fourth-order valence-electron chi connectivity index (χ4n) is 3.88. The number of sulfone groups is 1. The van der Waals surface area contributed by atoms with Crippen LogP contribution in [0.1, 0.15) is 52.7 Å². The number of pyridine rings is 1. The number of hydrogen-bond acceptors (Lipinski definition) is 8. The van der Waals surface area contributed by atoms with Crippen LogP contribution in [-0.4, -0.2) is 60.5 Å². The Morgan fingerprint density at radius 1 is 1.30 bits per heavy atom. The minimum atomic E-state index is -3.02. The fourth-order valence-corrected chi connectivity index (χ4v) is 5.09. The first-order valence-electron chi connectivity index (χ1n) is 10.3. The van der Waals surface area contributed by atoms with Gasteiger partial charge in [-0.2, -0.15) is 0 Å². The van der Waals surface area contributed by atoms with Crippen LogP contribution in [0.4, 0.5) is 5.82 Å². The molecule has 1 unspecified atom stereocenters. The maximum atomic E-state index is 12.6. The molecule has 30 heavy (non-hydrogen) atoms. The summed E-state index contributed by atoms with van der Waals surface area (Å²) < 4.78 is 28.5. The van der Waals surface area contributed by atoms with E-state index in [2.05, 4.69) is 20.8 Å². The number of anilines is 1. The molecule has 0 radical (unpaired) electrons. The highest BCUT2D eigenvalue weighted by atomic mass is 32.2. The van der Waals surface area contributed by atoms with Crippen molar-refractivity contribution in [2.75, 3.05) is 36.5 Å². The number of carbonyl (C=O) groups is 1. The zero-order chi connectivity index (χ0) is 21.1. The van der Waals surface area contributed by atoms with Gasteiger partial charge in [-0.05, 0) is 38.4 Å². The molecule has 2 aromatic heterocycles. The second kappa shape index (κ2) is 8.73. The van der Waals surface area contributed by atoms with E-state index in [4.69, 9.17) is 4.52 Å². The van der Waals surface area contributed by atoms with E-state index >= 15 is 0 Å². The van der Waals surface area contributed by atoms with Gasteiger partial charge in [0.1, 0.15) is 17.3 Å². The highest BCUT2D eigenvalue weighted by Gasteiger charge is 2.26. The lowest BCUT2D eigenvalue weighted by Gasteiger charge is -2.26. The van der Waals surface area contributed by atoms with E-state index in [1.807, 2.05) is 6.92 Å². The second-order valence-corrected chi connectivity index (χ2v) is 10.1. The van der Waals surface area contributed by atoms with E-state index in [-0.39, 0.29) is 36.5 Å². The van der Waals surface area contributed by atoms with Gasteiger partial charge in [0.15, 0.2) is 9.84 Å². The molecule has 1 amide bonds. The molecule has 2 N–H and O–H groups in total. The number of piperidine rings is 1. The van der Waals surface area contributed by atoms with Gasteiger partial charge in [-0.15, -0.1) is 0 Å². The van der Waals surface area contributed by atoms with Crippen molar-refractivity contribution < 1.29 is 17.7 Å². The Bertz CT molecular complexity index is 983. The van der Waals surface area contributed by atoms with Crippen molar-refractivity contribution in [2.24, 2.45) is 0 Å². The predicted molar refractivity (Wildman–Crippen MR) is 112 cm³/mol. The van der Waals surface area contributed by atoms with E-state index in [1.54, 1.807) is 17.0 Å². The van der Waals surface area contributed by atoms with Crippen LogP contribution in [0.3, 0.4) is 0 Å². The van der Waals surface area contributed by atoms with Gasteiger partial charge in [0, 0.05) is 31.4 Å². The molecule has 1 atom stereocenters. The maximum Gasteiger partial charge on any atom is 0.255 e. The average molecular weight is 434 g/mol. The lowest BCUT2D eigenvalue weighted by atomic mass is 9.98. The zero-order valence-electron chi connectivity index (χ0n) is 17.1. The Balaban J connectivity index is 1.38. The third-order valence-electron chi connectivity index (χ3n) is 5.74. The Kier molecular flexibility index (Phi) is 6.05. The summed E-state index contributed by atoms with van der Waals surface area (Å²) in [5.74, 6) is 1.28. The van der Waals surface area contributed by atoms with Gasteiger partial charge in [0.25, 0.3) is 5.91 Å². The molecule has 2 aromatic rings. The lowest BCUT2D eigenvalue weighted by molar-refractivity contribution is 0.0770. The molecule has 0 saturated carbocycles. The van der Waals surface area contributed by atoms with E-state index in [1.165, 1.54) is 19.0 Å². The van der Waals surface area contributed by atoms with Crippen molar-refractivity contribution in [3.8, 4) is 0 Å². The van der Waals surface area contributed by atoms with Crippen LogP contribution >= 0.6 is 0 Å². The molecule has 0 spiro atoms. The average Bonchev–Trinajstić information content (AvgIpc) is 3.13. The number of amides is 1. The highest BCUT2D eigenvalue weighted by Crippen LogP contribution is 2.27. The number of nitrogens with zero attached hydrogens (tertiary/aromatic N) is 3. The molecule has 2 fully saturated rings. The number of hydrogen-bond donors (Lipinski definition) is 2. The summed E-state index contributed by atoms with van der Waals surface area (Å²) in [7, 11) is -3.02. The zero-order valence-corrected chi connectivity index (χ0v) is 17.9. The van der Waals surface area contributed by atoms with Crippen LogP contribution in [0.15, 0.2) is 22.9 Å². The SMILES string of the molecule is Cc1onc(C2CCCCN2)c1CNc1ccc(C(=O)N2CCS(=O)(=O)CC2)cn1. The van der Waals surface area contributed by atoms with Gasteiger partial charge in [0.2, 0.25) is 0 Å². The first-order valence-corrected chi connectivity index (χ1v) is 12.1. The number of carbonyl (C=O) groups excluding carboxylic acids is 1. The van der Waals surface area contributed by atoms with E-state index in [0.717, 1.165) is 30.0 Å². The summed E-state index contributed by atoms with van der Waals surface area (Å²) in [6, 6.07) is 3.69. The third-order valence-corrected chi connectivity index (χ3v) is 7.35. The van der Waals surface area contributed by atoms with Gasteiger partial charge in [0.05, 0.1) is 23.1 Å². The Labute approximate surface area is 176 Å². The maximum absolute atomic E-state index is 12.6. The van der Waals surface area contributed by atoms with Gasteiger partial charge >= 0.3 is 0 Å². The standard InChI is InChI=1S/C20H27N5O4S/c1-14-16(19(24-29-14)17-4-2-3-7-21-17)13-23-18-6-5-15(12-22-18)20(26)25-8-10-30(27,28)11-9-25/h5-6,12,17,21H,2-4,7-11,13H2,1H3,(H,22,23).